The summed E-state index contributed by atoms with van der Waals surface area (Å²) in [6, 6.07) is 0. The molecule has 0 fully saturated rings. The van der Waals surface area contributed by atoms with E-state index in [1.807, 2.05) is 11.8 Å². The molecular weight excluding hydrogens is 210 g/mol. The normalized spacial score (nSPS) is 13.7. The summed E-state index contributed by atoms with van der Waals surface area (Å²) in [7, 11) is 1.55. The zero-order valence-corrected chi connectivity index (χ0v) is 11.2. The summed E-state index contributed by atoms with van der Waals surface area (Å²) in [5.74, 6) is -0.0298. The van der Waals surface area contributed by atoms with E-state index in [-0.39, 0.29) is 16.8 Å². The van der Waals surface area contributed by atoms with Crippen molar-refractivity contribution in [3.05, 3.63) is 0 Å². The average Bonchev–Trinajstić information content (AvgIpc) is 2.30. The van der Waals surface area contributed by atoms with E-state index in [1.165, 1.54) is 0 Å². The highest BCUT2D eigenvalue weighted by molar-refractivity contribution is 8.00. The molecular formula is C11H23NO2S. The topological polar surface area (TPSA) is 38.3 Å². The largest absolute Gasteiger partial charge is 0.372 e. The lowest BCUT2D eigenvalue weighted by molar-refractivity contribution is -0.130. The summed E-state index contributed by atoms with van der Waals surface area (Å²) in [5, 5.41) is 2.94. The molecule has 0 aromatic heterocycles. The molecule has 0 aromatic carbocycles. The maximum absolute atomic E-state index is 11.5. The van der Waals surface area contributed by atoms with Gasteiger partial charge in [0.2, 0.25) is 5.91 Å². The number of nitrogens with one attached hydrogen (secondary N) is 1. The van der Waals surface area contributed by atoms with Crippen molar-refractivity contribution in [1.82, 2.24) is 5.32 Å². The van der Waals surface area contributed by atoms with Gasteiger partial charge in [-0.05, 0) is 26.0 Å². The highest BCUT2D eigenvalue weighted by atomic mass is 32.2. The number of rotatable bonds is 7. The number of amides is 1. The molecule has 0 radical (unpaired) electrons. The highest BCUT2D eigenvalue weighted by Crippen LogP contribution is 2.29. The number of thioether (sulfide) groups is 1. The van der Waals surface area contributed by atoms with Gasteiger partial charge in [-0.25, -0.2) is 0 Å². The van der Waals surface area contributed by atoms with Gasteiger partial charge in [-0.2, -0.15) is 11.8 Å². The fourth-order valence-corrected chi connectivity index (χ4v) is 2.15. The van der Waals surface area contributed by atoms with E-state index in [0.29, 0.717) is 6.54 Å². The summed E-state index contributed by atoms with van der Waals surface area (Å²) in [4.78, 5) is 11.5. The lowest BCUT2D eigenvalue weighted by atomic mass is 10.0. The van der Waals surface area contributed by atoms with Crippen LogP contribution in [0.5, 0.6) is 0 Å². The third-order valence-electron chi connectivity index (χ3n) is 3.03. The average molecular weight is 233 g/mol. The molecule has 0 saturated carbocycles. The van der Waals surface area contributed by atoms with E-state index < -0.39 is 0 Å². The van der Waals surface area contributed by atoms with E-state index >= 15 is 0 Å². The molecule has 1 unspecified atom stereocenters. The maximum Gasteiger partial charge on any atom is 0.248 e. The first kappa shape index (κ1) is 14.8. The molecule has 1 N–H and O–H groups in total. The minimum absolute atomic E-state index is 0.0298. The van der Waals surface area contributed by atoms with E-state index in [2.05, 4.69) is 25.4 Å². The molecule has 15 heavy (non-hydrogen) atoms. The second-order valence-corrected chi connectivity index (χ2v) is 4.96. The molecule has 0 saturated heterocycles. The summed E-state index contributed by atoms with van der Waals surface area (Å²) in [5.41, 5.74) is 0. The number of methoxy groups -OCH3 is 1. The minimum Gasteiger partial charge on any atom is -0.372 e. The van der Waals surface area contributed by atoms with E-state index in [0.717, 1.165) is 12.8 Å². The Morgan fingerprint density at radius 2 is 2.00 bits per heavy atom. The van der Waals surface area contributed by atoms with Gasteiger partial charge in [0.05, 0.1) is 0 Å². The van der Waals surface area contributed by atoms with Crippen molar-refractivity contribution in [2.75, 3.05) is 19.9 Å². The second-order valence-electron chi connectivity index (χ2n) is 3.69. The number of hydrogen-bond acceptors (Lipinski definition) is 3. The van der Waals surface area contributed by atoms with E-state index in [4.69, 9.17) is 4.74 Å². The van der Waals surface area contributed by atoms with Crippen LogP contribution in [0.3, 0.4) is 0 Å². The van der Waals surface area contributed by atoms with Crippen LogP contribution >= 0.6 is 11.8 Å². The van der Waals surface area contributed by atoms with Gasteiger partial charge in [0.15, 0.2) is 0 Å². The van der Waals surface area contributed by atoms with Gasteiger partial charge in [-0.3, -0.25) is 4.79 Å². The first-order valence-electron chi connectivity index (χ1n) is 5.40. The smallest absolute Gasteiger partial charge is 0.248 e. The van der Waals surface area contributed by atoms with Gasteiger partial charge in [0.1, 0.15) is 6.10 Å². The van der Waals surface area contributed by atoms with Crippen molar-refractivity contribution in [2.45, 2.75) is 44.5 Å². The molecule has 0 bridgehead atoms. The third kappa shape index (κ3) is 4.43. The van der Waals surface area contributed by atoms with Crippen molar-refractivity contribution in [2.24, 2.45) is 0 Å². The standard InChI is InChI=1S/C11H23NO2S/c1-6-11(7-2,15-5)8-12-10(13)9(3)14-4/h9H,6-8H2,1-5H3,(H,12,13). The van der Waals surface area contributed by atoms with E-state index in [1.54, 1.807) is 14.0 Å². The summed E-state index contributed by atoms with van der Waals surface area (Å²) in [6.45, 7) is 6.79. The Bertz CT molecular complexity index is 185. The highest BCUT2D eigenvalue weighted by Gasteiger charge is 2.26. The quantitative estimate of drug-likeness (QED) is 0.731. The van der Waals surface area contributed by atoms with Crippen molar-refractivity contribution in [3.63, 3.8) is 0 Å². The molecule has 3 nitrogen and oxygen atoms in total. The number of ether oxygens (including phenoxy) is 1. The molecule has 1 amide bonds. The van der Waals surface area contributed by atoms with Crippen molar-refractivity contribution >= 4 is 17.7 Å². The Balaban J connectivity index is 4.16. The molecule has 0 aliphatic heterocycles. The summed E-state index contributed by atoms with van der Waals surface area (Å²) in [6.07, 6.45) is 3.86. The Hall–Kier alpha value is -0.220. The molecule has 90 valence electrons. The van der Waals surface area contributed by atoms with Crippen molar-refractivity contribution < 1.29 is 9.53 Å². The fraction of sp³-hybridized carbons (Fsp3) is 0.909. The Kier molecular flexibility index (Phi) is 7.02. The van der Waals surface area contributed by atoms with Crippen LogP contribution in [0.2, 0.25) is 0 Å². The first-order chi connectivity index (χ1) is 7.05. The van der Waals surface area contributed by atoms with Crippen molar-refractivity contribution in [1.29, 1.82) is 0 Å². The van der Waals surface area contributed by atoms with Crippen LogP contribution in [0, 0.1) is 0 Å². The van der Waals surface area contributed by atoms with Crippen LogP contribution in [0.4, 0.5) is 0 Å². The summed E-state index contributed by atoms with van der Waals surface area (Å²) >= 11 is 1.82. The molecule has 4 heteroatoms. The van der Waals surface area contributed by atoms with Gasteiger partial charge < -0.3 is 10.1 Å². The maximum atomic E-state index is 11.5. The monoisotopic (exact) mass is 233 g/mol. The molecule has 0 aliphatic rings. The first-order valence-corrected chi connectivity index (χ1v) is 6.63. The van der Waals surface area contributed by atoms with Gasteiger partial charge in [-0.15, -0.1) is 0 Å². The van der Waals surface area contributed by atoms with Gasteiger partial charge >= 0.3 is 0 Å². The SMILES string of the molecule is CCC(CC)(CNC(=O)C(C)OC)SC. The zero-order valence-electron chi connectivity index (χ0n) is 10.4. The number of hydrogen-bond donors (Lipinski definition) is 1. The Morgan fingerprint density at radius 3 is 2.33 bits per heavy atom. The summed E-state index contributed by atoms with van der Waals surface area (Å²) < 4.78 is 5.13. The van der Waals surface area contributed by atoms with E-state index in [9.17, 15) is 4.79 Å². The van der Waals surface area contributed by atoms with Crippen LogP contribution < -0.4 is 5.32 Å². The zero-order chi connectivity index (χ0) is 11.9. The molecule has 0 aliphatic carbocycles. The van der Waals surface area contributed by atoms with Crippen LogP contribution in [0.15, 0.2) is 0 Å². The predicted molar refractivity (Wildman–Crippen MR) is 66.3 cm³/mol. The van der Waals surface area contributed by atoms with Crippen molar-refractivity contribution in [3.8, 4) is 0 Å². The lowest BCUT2D eigenvalue weighted by Gasteiger charge is -2.30. The van der Waals surface area contributed by atoms with Crippen LogP contribution in [-0.4, -0.2) is 36.7 Å². The molecule has 0 rings (SSSR count). The molecule has 0 aromatic rings. The number of carbonyl (C=O) groups excluding carboxylic acids is 1. The third-order valence-corrected chi connectivity index (χ3v) is 4.62. The Morgan fingerprint density at radius 1 is 1.47 bits per heavy atom. The minimum atomic E-state index is -0.363. The molecule has 1 atom stereocenters. The van der Waals surface area contributed by atoms with Crippen LogP contribution in [-0.2, 0) is 9.53 Å². The fourth-order valence-electron chi connectivity index (χ4n) is 1.36. The van der Waals surface area contributed by atoms with Gasteiger partial charge in [-0.1, -0.05) is 13.8 Å². The second kappa shape index (κ2) is 7.12. The lowest BCUT2D eigenvalue weighted by Crippen LogP contribution is -2.43. The Labute approximate surface area is 97.3 Å². The van der Waals surface area contributed by atoms with Gasteiger partial charge in [0, 0.05) is 18.4 Å². The number of carbonyl (C=O) groups is 1. The molecule has 0 spiro atoms. The van der Waals surface area contributed by atoms with Crippen LogP contribution in [0.1, 0.15) is 33.6 Å². The van der Waals surface area contributed by atoms with Crippen LogP contribution in [0.25, 0.3) is 0 Å². The molecule has 0 heterocycles. The predicted octanol–water partition coefficient (Wildman–Crippen LogP) is 2.06. The van der Waals surface area contributed by atoms with Gasteiger partial charge in [0.25, 0.3) is 0 Å².